The summed E-state index contributed by atoms with van der Waals surface area (Å²) in [7, 11) is 8.48. The number of esters is 1. The summed E-state index contributed by atoms with van der Waals surface area (Å²) in [6.45, 7) is 0.0430. The molecule has 2 aromatic carbocycles. The van der Waals surface area contributed by atoms with Crippen LogP contribution in [0.15, 0.2) is 24.3 Å². The van der Waals surface area contributed by atoms with Gasteiger partial charge in [-0.05, 0) is 61.9 Å². The number of ether oxygens (including phenoxy) is 7. The molecule has 0 aliphatic carbocycles. The molecule has 1 aliphatic rings. The van der Waals surface area contributed by atoms with E-state index < -0.39 is 29.4 Å². The molecule has 12 heteroatoms. The Morgan fingerprint density at radius 1 is 0.805 bits per heavy atom. The predicted octanol–water partition coefficient (Wildman–Crippen LogP) is 4.39. The van der Waals surface area contributed by atoms with Crippen LogP contribution in [0.3, 0.4) is 0 Å². The molecular formula is C29H37F2NO9. The molecule has 0 N–H and O–H groups in total. The number of carbonyl (C=O) groups is 2. The van der Waals surface area contributed by atoms with E-state index in [0.29, 0.717) is 42.9 Å². The number of amides is 1. The van der Waals surface area contributed by atoms with E-state index in [4.69, 9.17) is 33.2 Å². The number of piperidine rings is 1. The Bertz CT molecular complexity index is 1170. The van der Waals surface area contributed by atoms with Crippen LogP contribution in [0.4, 0.5) is 8.78 Å². The summed E-state index contributed by atoms with van der Waals surface area (Å²) in [5, 5.41) is 0. The first kappa shape index (κ1) is 31.6. The lowest BCUT2D eigenvalue weighted by atomic mass is 9.99. The summed E-state index contributed by atoms with van der Waals surface area (Å²) < 4.78 is 68.2. The van der Waals surface area contributed by atoms with Crippen molar-refractivity contribution in [3.05, 3.63) is 35.4 Å². The molecule has 1 atom stereocenters. The van der Waals surface area contributed by atoms with Gasteiger partial charge in [-0.15, -0.1) is 0 Å². The average Bonchev–Trinajstić information content (AvgIpc) is 3.00. The molecule has 41 heavy (non-hydrogen) atoms. The summed E-state index contributed by atoms with van der Waals surface area (Å²) in [4.78, 5) is 27.1. The van der Waals surface area contributed by atoms with Crippen LogP contribution >= 0.6 is 0 Å². The van der Waals surface area contributed by atoms with Gasteiger partial charge in [0, 0.05) is 12.1 Å². The Labute approximate surface area is 238 Å². The van der Waals surface area contributed by atoms with Gasteiger partial charge in [-0.3, -0.25) is 4.79 Å². The van der Waals surface area contributed by atoms with E-state index in [0.717, 1.165) is 22.6 Å². The van der Waals surface area contributed by atoms with Gasteiger partial charge in [0.05, 0.1) is 49.3 Å². The minimum absolute atomic E-state index is 0.00402. The lowest BCUT2D eigenvalue weighted by molar-refractivity contribution is -0.171. The molecule has 0 saturated carbocycles. The lowest BCUT2D eigenvalue weighted by Gasteiger charge is -2.36. The van der Waals surface area contributed by atoms with Crippen LogP contribution in [0.25, 0.3) is 0 Å². The molecule has 0 unspecified atom stereocenters. The third kappa shape index (κ3) is 6.86. The van der Waals surface area contributed by atoms with Crippen molar-refractivity contribution in [3.63, 3.8) is 0 Å². The molecule has 2 aromatic rings. The van der Waals surface area contributed by atoms with E-state index in [9.17, 15) is 9.59 Å². The first-order valence-electron chi connectivity index (χ1n) is 13.1. The number of halogens is 2. The largest absolute Gasteiger partial charge is 0.493 e. The number of methoxy groups -OCH3 is 6. The van der Waals surface area contributed by atoms with Crippen molar-refractivity contribution < 1.29 is 51.5 Å². The molecule has 0 bridgehead atoms. The maximum Gasteiger partial charge on any atom is 0.350 e. The highest BCUT2D eigenvalue weighted by Crippen LogP contribution is 2.44. The van der Waals surface area contributed by atoms with E-state index in [1.807, 2.05) is 0 Å². The molecule has 10 nitrogen and oxygen atoms in total. The second kappa shape index (κ2) is 14.1. The fourth-order valence-corrected chi connectivity index (χ4v) is 4.81. The zero-order valence-corrected chi connectivity index (χ0v) is 24.2. The molecule has 226 valence electrons. The predicted molar refractivity (Wildman–Crippen MR) is 145 cm³/mol. The van der Waals surface area contributed by atoms with Crippen molar-refractivity contribution in [2.75, 3.05) is 55.8 Å². The third-order valence-electron chi connectivity index (χ3n) is 6.91. The fourth-order valence-electron chi connectivity index (χ4n) is 4.81. The SMILES string of the molecule is COc1cc(CCCOC(=O)[C@@H]2CCCCN2C(=O)C(F)(F)c2cc(OC)c(OC)c(OC)c2)cc(OC)c1OC. The van der Waals surface area contributed by atoms with E-state index in [1.54, 1.807) is 12.1 Å². The topological polar surface area (TPSA) is 102 Å². The second-order valence-electron chi connectivity index (χ2n) is 9.30. The first-order valence-corrected chi connectivity index (χ1v) is 13.1. The van der Waals surface area contributed by atoms with Gasteiger partial charge in [-0.25, -0.2) is 4.79 Å². The number of benzene rings is 2. The van der Waals surface area contributed by atoms with E-state index >= 15 is 8.78 Å². The van der Waals surface area contributed by atoms with E-state index in [-0.39, 0.29) is 36.8 Å². The van der Waals surface area contributed by atoms with Crippen LogP contribution in [0, 0.1) is 0 Å². The quantitative estimate of drug-likeness (QED) is 0.252. The van der Waals surface area contributed by atoms with Crippen LogP contribution in [0.2, 0.25) is 0 Å². The van der Waals surface area contributed by atoms with Crippen molar-refractivity contribution in [1.29, 1.82) is 0 Å². The summed E-state index contributed by atoms with van der Waals surface area (Å²) in [6.07, 6.45) is 2.29. The van der Waals surface area contributed by atoms with Gasteiger partial charge in [-0.1, -0.05) is 0 Å². The molecule has 1 saturated heterocycles. The summed E-state index contributed by atoms with van der Waals surface area (Å²) in [6, 6.07) is 4.54. The van der Waals surface area contributed by atoms with Crippen LogP contribution in [-0.2, 0) is 26.7 Å². The minimum Gasteiger partial charge on any atom is -0.493 e. The molecule has 1 fully saturated rings. The molecular weight excluding hydrogens is 544 g/mol. The molecule has 1 aliphatic heterocycles. The van der Waals surface area contributed by atoms with Crippen molar-refractivity contribution in [2.45, 2.75) is 44.1 Å². The van der Waals surface area contributed by atoms with Crippen molar-refractivity contribution in [2.24, 2.45) is 0 Å². The number of aryl methyl sites for hydroxylation is 1. The summed E-state index contributed by atoms with van der Waals surface area (Å²) in [5.41, 5.74) is 0.232. The normalized spacial score (nSPS) is 15.1. The number of hydrogen-bond donors (Lipinski definition) is 0. The van der Waals surface area contributed by atoms with Gasteiger partial charge in [0.1, 0.15) is 6.04 Å². The highest BCUT2D eigenvalue weighted by Gasteiger charge is 2.48. The van der Waals surface area contributed by atoms with Crippen LogP contribution in [-0.4, -0.2) is 78.6 Å². The molecule has 0 aromatic heterocycles. The van der Waals surface area contributed by atoms with E-state index in [1.165, 1.54) is 42.7 Å². The summed E-state index contributed by atoms with van der Waals surface area (Å²) in [5.74, 6) is -4.62. The van der Waals surface area contributed by atoms with Gasteiger partial charge in [0.25, 0.3) is 5.91 Å². The zero-order valence-electron chi connectivity index (χ0n) is 24.2. The summed E-state index contributed by atoms with van der Waals surface area (Å²) >= 11 is 0. The third-order valence-corrected chi connectivity index (χ3v) is 6.91. The highest BCUT2D eigenvalue weighted by atomic mass is 19.3. The van der Waals surface area contributed by atoms with Crippen molar-refractivity contribution in [3.8, 4) is 34.5 Å². The standard InChI is InChI=1S/C29H37F2NO9/c1-35-21-14-18(15-22(36-2)25(21)39-5)10-9-13-41-27(33)20-11-7-8-12-32(20)28(34)29(30,31)19-16-23(37-3)26(40-6)24(17-19)38-4/h14-17,20H,7-13H2,1-6H3/t20-/m0/s1. The van der Waals surface area contributed by atoms with Gasteiger partial charge >= 0.3 is 11.9 Å². The Balaban J connectivity index is 1.70. The number of nitrogens with zero attached hydrogens (tertiary/aromatic N) is 1. The molecule has 0 radical (unpaired) electrons. The first-order chi connectivity index (χ1) is 19.7. The van der Waals surface area contributed by atoms with E-state index in [2.05, 4.69) is 0 Å². The number of likely N-dealkylation sites (tertiary alicyclic amines) is 1. The monoisotopic (exact) mass is 581 g/mol. The maximum atomic E-state index is 15.6. The molecule has 1 heterocycles. The average molecular weight is 582 g/mol. The molecule has 0 spiro atoms. The number of rotatable bonds is 13. The zero-order chi connectivity index (χ0) is 30.2. The van der Waals surface area contributed by atoms with Crippen LogP contribution in [0.1, 0.15) is 36.8 Å². The highest BCUT2D eigenvalue weighted by molar-refractivity contribution is 5.90. The Morgan fingerprint density at radius 2 is 1.32 bits per heavy atom. The maximum absolute atomic E-state index is 15.6. The number of carbonyl (C=O) groups excluding carboxylic acids is 2. The molecule has 1 amide bonds. The number of hydrogen-bond acceptors (Lipinski definition) is 9. The molecule has 3 rings (SSSR count). The van der Waals surface area contributed by atoms with Gasteiger partial charge in [-0.2, -0.15) is 8.78 Å². The van der Waals surface area contributed by atoms with Crippen molar-refractivity contribution >= 4 is 11.9 Å². The van der Waals surface area contributed by atoms with Crippen molar-refractivity contribution in [1.82, 2.24) is 4.90 Å². The smallest absolute Gasteiger partial charge is 0.350 e. The number of alkyl halides is 2. The van der Waals surface area contributed by atoms with Crippen LogP contribution < -0.4 is 28.4 Å². The second-order valence-corrected chi connectivity index (χ2v) is 9.30. The Kier molecular flexibility index (Phi) is 10.8. The van der Waals surface area contributed by atoms with Gasteiger partial charge in [0.15, 0.2) is 23.0 Å². The Hall–Kier alpha value is -3.96. The Morgan fingerprint density at radius 3 is 1.80 bits per heavy atom. The van der Waals surface area contributed by atoms with Gasteiger partial charge in [0.2, 0.25) is 11.5 Å². The van der Waals surface area contributed by atoms with Crippen LogP contribution in [0.5, 0.6) is 34.5 Å². The lowest BCUT2D eigenvalue weighted by Crippen LogP contribution is -2.53. The van der Waals surface area contributed by atoms with Gasteiger partial charge < -0.3 is 38.1 Å². The minimum atomic E-state index is -3.96. The fraction of sp³-hybridized carbons (Fsp3) is 0.517.